The van der Waals surface area contributed by atoms with Gasteiger partial charge in [0.2, 0.25) is 0 Å². The van der Waals surface area contributed by atoms with Gasteiger partial charge in [0.05, 0.1) is 10.6 Å². The summed E-state index contributed by atoms with van der Waals surface area (Å²) in [5.41, 5.74) is 1.73. The summed E-state index contributed by atoms with van der Waals surface area (Å²) < 4.78 is 19.6. The molecule has 5 nitrogen and oxygen atoms in total. The Kier molecular flexibility index (Phi) is 6.68. The van der Waals surface area contributed by atoms with E-state index >= 15 is 0 Å². The Morgan fingerprint density at radius 1 is 1.26 bits per heavy atom. The van der Waals surface area contributed by atoms with Crippen molar-refractivity contribution in [2.45, 2.75) is 26.3 Å². The van der Waals surface area contributed by atoms with Crippen molar-refractivity contribution in [3.05, 3.63) is 76.3 Å². The first-order valence-electron chi connectivity index (χ1n) is 10.5. The smallest absolute Gasteiger partial charge is 0.257 e. The predicted octanol–water partition coefficient (Wildman–Crippen LogP) is 5.08. The van der Waals surface area contributed by atoms with Crippen LogP contribution >= 0.6 is 11.6 Å². The van der Waals surface area contributed by atoms with Gasteiger partial charge in [0, 0.05) is 19.6 Å². The van der Waals surface area contributed by atoms with Crippen LogP contribution in [0, 0.1) is 18.7 Å². The molecule has 0 spiro atoms. The lowest BCUT2D eigenvalue weighted by Gasteiger charge is -2.32. The molecule has 1 unspecified atom stereocenters. The Labute approximate surface area is 186 Å². The summed E-state index contributed by atoms with van der Waals surface area (Å²) in [6.07, 6.45) is 2.15. The number of aryl methyl sites for hydroxylation is 1. The van der Waals surface area contributed by atoms with E-state index in [9.17, 15) is 9.18 Å². The van der Waals surface area contributed by atoms with Crippen LogP contribution in [0.15, 0.2) is 53.1 Å². The maximum Gasteiger partial charge on any atom is 0.257 e. The maximum absolute atomic E-state index is 14.4. The second kappa shape index (κ2) is 9.62. The van der Waals surface area contributed by atoms with E-state index in [1.54, 1.807) is 13.0 Å². The van der Waals surface area contributed by atoms with Crippen LogP contribution in [0.5, 0.6) is 0 Å². The predicted molar refractivity (Wildman–Crippen MR) is 118 cm³/mol. The van der Waals surface area contributed by atoms with Crippen molar-refractivity contribution in [1.29, 1.82) is 0 Å². The molecule has 1 aliphatic heterocycles. The summed E-state index contributed by atoms with van der Waals surface area (Å²) in [6.45, 7) is 5.07. The SMILES string of the molecule is Cc1onc(-c2c(F)cccc2Cl)c1C(=O)NCC1CCCN(Cc2ccccc2)C1. The van der Waals surface area contributed by atoms with Crippen molar-refractivity contribution < 1.29 is 13.7 Å². The number of aromatic nitrogens is 1. The molecule has 0 aliphatic carbocycles. The first-order chi connectivity index (χ1) is 15.0. The molecule has 1 aliphatic rings. The van der Waals surface area contributed by atoms with Crippen LogP contribution in [0.2, 0.25) is 5.02 Å². The molecule has 31 heavy (non-hydrogen) atoms. The van der Waals surface area contributed by atoms with Gasteiger partial charge in [0.15, 0.2) is 0 Å². The minimum atomic E-state index is -0.543. The van der Waals surface area contributed by atoms with E-state index in [1.165, 1.54) is 17.7 Å². The maximum atomic E-state index is 14.4. The van der Waals surface area contributed by atoms with Crippen LogP contribution in [0.25, 0.3) is 11.3 Å². The average Bonchev–Trinajstić information content (AvgIpc) is 3.14. The van der Waals surface area contributed by atoms with Gasteiger partial charge in [-0.2, -0.15) is 0 Å². The van der Waals surface area contributed by atoms with Crippen molar-refractivity contribution >= 4 is 17.5 Å². The highest BCUT2D eigenvalue weighted by Crippen LogP contribution is 2.33. The molecule has 1 atom stereocenters. The van der Waals surface area contributed by atoms with E-state index in [0.29, 0.717) is 18.2 Å². The first kappa shape index (κ1) is 21.5. The molecule has 3 aromatic rings. The largest absolute Gasteiger partial charge is 0.360 e. The standard InChI is InChI=1S/C24H25ClFN3O2/c1-16-21(23(28-31-16)22-19(25)10-5-11-20(22)26)24(30)27-13-18-9-6-12-29(15-18)14-17-7-3-2-4-8-17/h2-5,7-8,10-11,18H,6,9,12-15H2,1H3,(H,27,30). The van der Waals surface area contributed by atoms with E-state index in [1.807, 2.05) is 6.07 Å². The van der Waals surface area contributed by atoms with Crippen LogP contribution in [0.4, 0.5) is 4.39 Å². The fraction of sp³-hybridized carbons (Fsp3) is 0.333. The van der Waals surface area contributed by atoms with E-state index in [2.05, 4.69) is 39.6 Å². The van der Waals surface area contributed by atoms with E-state index in [0.717, 1.165) is 32.5 Å². The summed E-state index contributed by atoms with van der Waals surface area (Å²) in [5, 5.41) is 7.10. The van der Waals surface area contributed by atoms with Gasteiger partial charge in [-0.3, -0.25) is 9.69 Å². The molecule has 1 N–H and O–H groups in total. The molecule has 2 heterocycles. The summed E-state index contributed by atoms with van der Waals surface area (Å²) in [4.78, 5) is 15.4. The Morgan fingerprint density at radius 3 is 2.84 bits per heavy atom. The number of rotatable bonds is 6. The first-order valence-corrected chi connectivity index (χ1v) is 10.9. The third-order valence-corrected chi connectivity index (χ3v) is 6.01. The quantitative estimate of drug-likeness (QED) is 0.579. The number of piperidine rings is 1. The Balaban J connectivity index is 1.42. The monoisotopic (exact) mass is 441 g/mol. The summed E-state index contributed by atoms with van der Waals surface area (Å²) >= 11 is 6.17. The van der Waals surface area contributed by atoms with Crippen molar-refractivity contribution in [1.82, 2.24) is 15.4 Å². The number of carbonyl (C=O) groups excluding carboxylic acids is 1. The zero-order valence-corrected chi connectivity index (χ0v) is 18.2. The minimum Gasteiger partial charge on any atom is -0.360 e. The molecule has 1 aromatic heterocycles. The Bertz CT molecular complexity index is 1030. The van der Waals surface area contributed by atoms with Crippen molar-refractivity contribution in [2.24, 2.45) is 5.92 Å². The number of halogens is 2. The molecule has 162 valence electrons. The normalized spacial score (nSPS) is 16.9. The molecule has 0 bridgehead atoms. The Morgan fingerprint density at radius 2 is 2.06 bits per heavy atom. The lowest BCUT2D eigenvalue weighted by Crippen LogP contribution is -2.40. The van der Waals surface area contributed by atoms with Gasteiger partial charge in [-0.15, -0.1) is 0 Å². The number of nitrogens with zero attached hydrogens (tertiary/aromatic N) is 2. The summed E-state index contributed by atoms with van der Waals surface area (Å²) in [6, 6.07) is 14.8. The van der Waals surface area contributed by atoms with E-state index < -0.39 is 5.82 Å². The van der Waals surface area contributed by atoms with Crippen molar-refractivity contribution in [3.8, 4) is 11.3 Å². The van der Waals surface area contributed by atoms with Gasteiger partial charge in [-0.05, 0) is 49.9 Å². The van der Waals surface area contributed by atoms with Crippen molar-refractivity contribution in [3.63, 3.8) is 0 Å². The molecular formula is C24H25ClFN3O2. The number of likely N-dealkylation sites (tertiary alicyclic amines) is 1. The molecule has 7 heteroatoms. The topological polar surface area (TPSA) is 58.4 Å². The zero-order chi connectivity index (χ0) is 21.8. The van der Waals surface area contributed by atoms with Gasteiger partial charge < -0.3 is 9.84 Å². The highest BCUT2D eigenvalue weighted by molar-refractivity contribution is 6.33. The van der Waals surface area contributed by atoms with Crippen LogP contribution in [0.3, 0.4) is 0 Å². The van der Waals surface area contributed by atoms with Gasteiger partial charge >= 0.3 is 0 Å². The zero-order valence-electron chi connectivity index (χ0n) is 17.4. The molecule has 2 aromatic carbocycles. The number of carbonyl (C=O) groups is 1. The lowest BCUT2D eigenvalue weighted by atomic mass is 9.97. The molecule has 1 fully saturated rings. The van der Waals surface area contributed by atoms with E-state index in [4.69, 9.17) is 16.1 Å². The third-order valence-electron chi connectivity index (χ3n) is 5.69. The van der Waals surface area contributed by atoms with Gasteiger partial charge in [-0.25, -0.2) is 4.39 Å². The van der Waals surface area contributed by atoms with Crippen LogP contribution in [0.1, 0.15) is 34.5 Å². The van der Waals surface area contributed by atoms with Crippen molar-refractivity contribution in [2.75, 3.05) is 19.6 Å². The van der Waals surface area contributed by atoms with Crippen LogP contribution in [-0.4, -0.2) is 35.6 Å². The summed E-state index contributed by atoms with van der Waals surface area (Å²) in [7, 11) is 0. The van der Waals surface area contributed by atoms with Crippen LogP contribution in [-0.2, 0) is 6.54 Å². The molecule has 4 rings (SSSR count). The fourth-order valence-corrected chi connectivity index (χ4v) is 4.42. The second-order valence-electron chi connectivity index (χ2n) is 8.00. The number of benzene rings is 2. The second-order valence-corrected chi connectivity index (χ2v) is 8.41. The third kappa shape index (κ3) is 4.97. The van der Waals surface area contributed by atoms with Gasteiger partial charge in [-0.1, -0.05) is 53.2 Å². The highest BCUT2D eigenvalue weighted by atomic mass is 35.5. The molecule has 0 radical (unpaired) electrons. The van der Waals surface area contributed by atoms with Crippen LogP contribution < -0.4 is 5.32 Å². The van der Waals surface area contributed by atoms with Gasteiger partial charge in [0.25, 0.3) is 5.91 Å². The Hall–Kier alpha value is -2.70. The fourth-order valence-electron chi connectivity index (χ4n) is 4.16. The average molecular weight is 442 g/mol. The lowest BCUT2D eigenvalue weighted by molar-refractivity contribution is 0.0929. The molecule has 1 saturated heterocycles. The number of hydrogen-bond donors (Lipinski definition) is 1. The molecule has 1 amide bonds. The van der Waals surface area contributed by atoms with Gasteiger partial charge in [0.1, 0.15) is 22.8 Å². The highest BCUT2D eigenvalue weighted by Gasteiger charge is 2.27. The number of amides is 1. The number of nitrogens with one attached hydrogen (secondary N) is 1. The van der Waals surface area contributed by atoms with E-state index in [-0.39, 0.29) is 27.8 Å². The molecular weight excluding hydrogens is 417 g/mol. The summed E-state index contributed by atoms with van der Waals surface area (Å²) in [5.74, 6) is -0.185. The minimum absolute atomic E-state index is 0.0814. The number of hydrogen-bond acceptors (Lipinski definition) is 4. The molecule has 0 saturated carbocycles.